The highest BCUT2D eigenvalue weighted by Gasteiger charge is 2.22. The van der Waals surface area contributed by atoms with Gasteiger partial charge >= 0.3 is 5.97 Å². The first kappa shape index (κ1) is 15.9. The van der Waals surface area contributed by atoms with E-state index in [4.69, 9.17) is 9.47 Å². The summed E-state index contributed by atoms with van der Waals surface area (Å²) >= 11 is 0. The fourth-order valence-corrected chi connectivity index (χ4v) is 1.53. The highest BCUT2D eigenvalue weighted by molar-refractivity contribution is 5.96. The molecule has 0 aliphatic carbocycles. The number of hydrogen-bond donors (Lipinski definition) is 1. The third kappa shape index (κ3) is 4.51. The molecule has 0 bridgehead atoms. The number of rotatable bonds is 7. The maximum Gasteiger partial charge on any atom is 0.325 e. The lowest BCUT2D eigenvalue weighted by atomic mass is 10.3. The molecule has 1 aromatic rings. The summed E-state index contributed by atoms with van der Waals surface area (Å²) in [6, 6.07) is 2.87. The van der Waals surface area contributed by atoms with Crippen molar-refractivity contribution in [1.29, 1.82) is 0 Å². The van der Waals surface area contributed by atoms with Gasteiger partial charge in [0, 0.05) is 19.9 Å². The number of hydrogen-bond acceptors (Lipinski definition) is 6. The molecule has 0 saturated carbocycles. The number of pyridine rings is 1. The molecule has 0 atom stereocenters. The van der Waals surface area contributed by atoms with Gasteiger partial charge < -0.3 is 19.5 Å². The van der Waals surface area contributed by atoms with Crippen molar-refractivity contribution in [3.63, 3.8) is 0 Å². The van der Waals surface area contributed by atoms with Gasteiger partial charge in [-0.15, -0.1) is 0 Å². The number of aromatic hydroxyl groups is 1. The monoisotopic (exact) mass is 282 g/mol. The Morgan fingerprint density at radius 2 is 2.20 bits per heavy atom. The maximum atomic E-state index is 12.3. The Morgan fingerprint density at radius 3 is 2.80 bits per heavy atom. The van der Waals surface area contributed by atoms with Crippen molar-refractivity contribution in [3.05, 3.63) is 24.0 Å². The van der Waals surface area contributed by atoms with Crippen LogP contribution in [0.2, 0.25) is 0 Å². The van der Waals surface area contributed by atoms with E-state index in [-0.39, 0.29) is 37.7 Å². The lowest BCUT2D eigenvalue weighted by Gasteiger charge is -2.21. The SMILES string of the molecule is CCOC(=O)CN(CCOC)C(=O)c1ncccc1O. The first-order chi connectivity index (χ1) is 9.60. The van der Waals surface area contributed by atoms with Gasteiger partial charge in [-0.05, 0) is 19.1 Å². The van der Waals surface area contributed by atoms with Crippen molar-refractivity contribution in [1.82, 2.24) is 9.88 Å². The van der Waals surface area contributed by atoms with E-state index in [1.807, 2.05) is 0 Å². The van der Waals surface area contributed by atoms with Crippen LogP contribution in [0.15, 0.2) is 18.3 Å². The summed E-state index contributed by atoms with van der Waals surface area (Å²) in [5.41, 5.74) is -0.104. The fraction of sp³-hybridized carbons (Fsp3) is 0.462. The smallest absolute Gasteiger partial charge is 0.325 e. The first-order valence-corrected chi connectivity index (χ1v) is 6.18. The second-order valence-corrected chi connectivity index (χ2v) is 3.90. The van der Waals surface area contributed by atoms with Crippen LogP contribution in [-0.2, 0) is 14.3 Å². The van der Waals surface area contributed by atoms with Crippen molar-refractivity contribution < 1.29 is 24.2 Å². The van der Waals surface area contributed by atoms with Crippen molar-refractivity contribution in [2.24, 2.45) is 0 Å². The number of carbonyl (C=O) groups is 2. The van der Waals surface area contributed by atoms with Crippen LogP contribution in [0.1, 0.15) is 17.4 Å². The van der Waals surface area contributed by atoms with Crippen molar-refractivity contribution in [2.75, 3.05) is 33.4 Å². The summed E-state index contributed by atoms with van der Waals surface area (Å²) in [4.78, 5) is 28.8. The number of methoxy groups -OCH3 is 1. The molecular formula is C13H18N2O5. The zero-order valence-electron chi connectivity index (χ0n) is 11.5. The Hall–Kier alpha value is -2.15. The van der Waals surface area contributed by atoms with Crippen LogP contribution in [0.4, 0.5) is 0 Å². The number of ether oxygens (including phenoxy) is 2. The third-order valence-electron chi connectivity index (χ3n) is 2.47. The lowest BCUT2D eigenvalue weighted by Crippen LogP contribution is -2.39. The first-order valence-electron chi connectivity index (χ1n) is 6.18. The number of carbonyl (C=O) groups excluding carboxylic acids is 2. The molecule has 0 radical (unpaired) electrons. The number of amides is 1. The van der Waals surface area contributed by atoms with E-state index in [1.165, 1.54) is 30.3 Å². The highest BCUT2D eigenvalue weighted by Crippen LogP contribution is 2.15. The Bertz CT molecular complexity index is 464. The molecule has 1 amide bonds. The predicted octanol–water partition coefficient (Wildman–Crippen LogP) is 0.439. The van der Waals surface area contributed by atoms with E-state index >= 15 is 0 Å². The van der Waals surface area contributed by atoms with Crippen LogP contribution in [0.3, 0.4) is 0 Å². The van der Waals surface area contributed by atoms with Gasteiger partial charge in [-0.1, -0.05) is 0 Å². The molecular weight excluding hydrogens is 264 g/mol. The second kappa shape index (κ2) is 8.11. The highest BCUT2D eigenvalue weighted by atomic mass is 16.5. The van der Waals surface area contributed by atoms with Gasteiger partial charge in [0.15, 0.2) is 5.69 Å². The van der Waals surface area contributed by atoms with Crippen molar-refractivity contribution >= 4 is 11.9 Å². The normalized spacial score (nSPS) is 10.1. The Labute approximate surface area is 117 Å². The molecule has 7 nitrogen and oxygen atoms in total. The molecule has 0 saturated heterocycles. The minimum Gasteiger partial charge on any atom is -0.505 e. The van der Waals surface area contributed by atoms with Crippen LogP contribution >= 0.6 is 0 Å². The molecule has 0 unspecified atom stereocenters. The molecule has 110 valence electrons. The van der Waals surface area contributed by atoms with Gasteiger partial charge in [0.2, 0.25) is 0 Å². The summed E-state index contributed by atoms with van der Waals surface area (Å²) in [6.45, 7) is 2.17. The molecule has 7 heteroatoms. The van der Waals surface area contributed by atoms with E-state index in [9.17, 15) is 14.7 Å². The van der Waals surface area contributed by atoms with Crippen molar-refractivity contribution in [3.8, 4) is 5.75 Å². The molecule has 0 aliphatic heterocycles. The second-order valence-electron chi connectivity index (χ2n) is 3.90. The zero-order chi connectivity index (χ0) is 15.0. The molecule has 0 aliphatic rings. The number of aromatic nitrogens is 1. The minimum absolute atomic E-state index is 0.104. The zero-order valence-corrected chi connectivity index (χ0v) is 11.5. The van der Waals surface area contributed by atoms with Gasteiger partial charge in [-0.25, -0.2) is 4.98 Å². The van der Waals surface area contributed by atoms with Gasteiger partial charge in [0.05, 0.1) is 13.2 Å². The Kier molecular flexibility index (Phi) is 6.45. The van der Waals surface area contributed by atoms with Gasteiger partial charge in [0.25, 0.3) is 5.91 Å². The van der Waals surface area contributed by atoms with Crippen LogP contribution in [0.5, 0.6) is 5.75 Å². The standard InChI is InChI=1S/C13H18N2O5/c1-3-20-11(17)9-15(7-8-19-2)13(18)12-10(16)5-4-6-14-12/h4-6,16H,3,7-9H2,1-2H3. The largest absolute Gasteiger partial charge is 0.505 e. The number of nitrogens with zero attached hydrogens (tertiary/aromatic N) is 2. The minimum atomic E-state index is -0.548. The molecule has 0 fully saturated rings. The maximum absolute atomic E-state index is 12.3. The topological polar surface area (TPSA) is 89.0 Å². The Balaban J connectivity index is 2.84. The van der Waals surface area contributed by atoms with Crippen LogP contribution in [0.25, 0.3) is 0 Å². The molecule has 0 spiro atoms. The van der Waals surface area contributed by atoms with Crippen LogP contribution < -0.4 is 0 Å². The van der Waals surface area contributed by atoms with E-state index in [0.717, 1.165) is 0 Å². The van der Waals surface area contributed by atoms with Gasteiger partial charge in [-0.3, -0.25) is 9.59 Å². The molecule has 1 N–H and O–H groups in total. The molecule has 1 aromatic heterocycles. The van der Waals surface area contributed by atoms with Crippen LogP contribution in [0, 0.1) is 0 Å². The summed E-state index contributed by atoms with van der Waals surface area (Å²) in [5.74, 6) is -1.30. The van der Waals surface area contributed by atoms with E-state index in [2.05, 4.69) is 4.98 Å². The third-order valence-corrected chi connectivity index (χ3v) is 2.47. The average molecular weight is 282 g/mol. The summed E-state index contributed by atoms with van der Waals surface area (Å²) < 4.78 is 9.71. The fourth-order valence-electron chi connectivity index (χ4n) is 1.53. The average Bonchev–Trinajstić information content (AvgIpc) is 2.43. The Morgan fingerprint density at radius 1 is 1.45 bits per heavy atom. The molecule has 1 heterocycles. The summed E-state index contributed by atoms with van der Waals surface area (Å²) in [7, 11) is 1.49. The molecule has 1 rings (SSSR count). The van der Waals surface area contributed by atoms with Crippen molar-refractivity contribution in [2.45, 2.75) is 6.92 Å². The molecule has 20 heavy (non-hydrogen) atoms. The lowest BCUT2D eigenvalue weighted by molar-refractivity contribution is -0.143. The number of esters is 1. The summed E-state index contributed by atoms with van der Waals surface area (Å²) in [6.07, 6.45) is 1.39. The quantitative estimate of drug-likeness (QED) is 0.730. The van der Waals surface area contributed by atoms with Gasteiger partial charge in [-0.2, -0.15) is 0 Å². The van der Waals surface area contributed by atoms with Crippen LogP contribution in [-0.4, -0.2) is 60.3 Å². The predicted molar refractivity (Wildman–Crippen MR) is 70.3 cm³/mol. The van der Waals surface area contributed by atoms with E-state index in [0.29, 0.717) is 0 Å². The van der Waals surface area contributed by atoms with Gasteiger partial charge in [0.1, 0.15) is 12.3 Å². The molecule has 0 aromatic carbocycles. The van der Waals surface area contributed by atoms with E-state index in [1.54, 1.807) is 6.92 Å². The summed E-state index contributed by atoms with van der Waals surface area (Å²) in [5, 5.41) is 9.64. The van der Waals surface area contributed by atoms with E-state index < -0.39 is 11.9 Å².